The zero-order chi connectivity index (χ0) is 23.3. The molecule has 2 aromatic rings. The minimum absolute atomic E-state index is 0.692. The van der Waals surface area contributed by atoms with Crippen LogP contribution in [0.3, 0.4) is 0 Å². The van der Waals surface area contributed by atoms with E-state index in [1.807, 2.05) is 24.3 Å². The zero-order valence-corrected chi connectivity index (χ0v) is 20.2. The lowest BCUT2D eigenvalue weighted by atomic mass is 9.80. The van der Waals surface area contributed by atoms with E-state index in [9.17, 15) is 4.79 Å². The van der Waals surface area contributed by atoms with E-state index in [1.165, 1.54) is 70.6 Å². The normalized spacial score (nSPS) is 18.5. The number of aliphatic carboxylic acids is 1. The fraction of sp³-hybridized carbons (Fsp3) is 0.500. The van der Waals surface area contributed by atoms with Crippen LogP contribution in [0.25, 0.3) is 17.2 Å². The van der Waals surface area contributed by atoms with Gasteiger partial charge in [0.05, 0.1) is 6.61 Å². The van der Waals surface area contributed by atoms with Crippen LogP contribution in [0.4, 0.5) is 0 Å². The summed E-state index contributed by atoms with van der Waals surface area (Å²) in [5, 5.41) is 8.73. The highest BCUT2D eigenvalue weighted by molar-refractivity contribution is 5.85. The molecule has 3 rings (SSSR count). The first-order valence-electron chi connectivity index (χ1n) is 12.9. The maximum atomic E-state index is 10.6. The number of carboxylic acid groups (broad SMARTS) is 1. The van der Waals surface area contributed by atoms with Crippen LogP contribution in [0.15, 0.2) is 54.6 Å². The van der Waals surface area contributed by atoms with Crippen LogP contribution in [0, 0.1) is 11.8 Å². The van der Waals surface area contributed by atoms with Crippen LogP contribution in [-0.2, 0) is 4.79 Å². The van der Waals surface area contributed by atoms with Crippen LogP contribution < -0.4 is 4.74 Å². The third-order valence-electron chi connectivity index (χ3n) is 6.93. The molecule has 0 atom stereocenters. The number of rotatable bonds is 13. The SMILES string of the molecule is CCCCCCCC[C@H]1CC[C@H](COc2ccc(-c3ccc(C=CC(=O)O)cc3)cc2)CC1. The minimum atomic E-state index is -0.934. The van der Waals surface area contributed by atoms with Crippen molar-refractivity contribution in [3.8, 4) is 16.9 Å². The number of hydrogen-bond acceptors (Lipinski definition) is 2. The second kappa shape index (κ2) is 13.9. The molecule has 1 aliphatic carbocycles. The maximum Gasteiger partial charge on any atom is 0.328 e. The Kier molecular flexibility index (Phi) is 10.5. The molecule has 0 aromatic heterocycles. The van der Waals surface area contributed by atoms with Crippen molar-refractivity contribution in [3.63, 3.8) is 0 Å². The van der Waals surface area contributed by atoms with Crippen molar-refractivity contribution >= 4 is 12.0 Å². The molecule has 1 aliphatic rings. The maximum absolute atomic E-state index is 10.6. The van der Waals surface area contributed by atoms with Gasteiger partial charge in [0.2, 0.25) is 0 Å². The van der Waals surface area contributed by atoms with Crippen molar-refractivity contribution in [2.24, 2.45) is 11.8 Å². The van der Waals surface area contributed by atoms with Crippen LogP contribution in [-0.4, -0.2) is 17.7 Å². The molecule has 0 radical (unpaired) electrons. The minimum Gasteiger partial charge on any atom is -0.493 e. The number of carbonyl (C=O) groups is 1. The van der Waals surface area contributed by atoms with Gasteiger partial charge in [0, 0.05) is 6.08 Å². The van der Waals surface area contributed by atoms with Gasteiger partial charge in [-0.2, -0.15) is 0 Å². The number of hydrogen-bond donors (Lipinski definition) is 1. The van der Waals surface area contributed by atoms with Crippen molar-refractivity contribution in [1.82, 2.24) is 0 Å². The highest BCUT2D eigenvalue weighted by Gasteiger charge is 2.21. The molecule has 178 valence electrons. The summed E-state index contributed by atoms with van der Waals surface area (Å²) in [5.41, 5.74) is 3.12. The fourth-order valence-electron chi connectivity index (χ4n) is 4.81. The van der Waals surface area contributed by atoms with E-state index in [2.05, 4.69) is 31.2 Å². The van der Waals surface area contributed by atoms with E-state index in [0.717, 1.165) is 41.0 Å². The van der Waals surface area contributed by atoms with Gasteiger partial charge in [-0.15, -0.1) is 0 Å². The molecule has 1 saturated carbocycles. The molecule has 3 nitrogen and oxygen atoms in total. The van der Waals surface area contributed by atoms with Crippen molar-refractivity contribution in [2.45, 2.75) is 77.6 Å². The molecular weight excluding hydrogens is 408 g/mol. The lowest BCUT2D eigenvalue weighted by molar-refractivity contribution is -0.131. The molecule has 0 saturated heterocycles. The van der Waals surface area contributed by atoms with Gasteiger partial charge in [-0.25, -0.2) is 4.79 Å². The Morgan fingerprint density at radius 1 is 0.848 bits per heavy atom. The number of ether oxygens (including phenoxy) is 1. The predicted octanol–water partition coefficient (Wildman–Crippen LogP) is 8.39. The van der Waals surface area contributed by atoms with Crippen LogP contribution in [0.1, 0.15) is 83.1 Å². The Bertz CT molecular complexity index is 843. The first-order valence-corrected chi connectivity index (χ1v) is 12.9. The zero-order valence-electron chi connectivity index (χ0n) is 20.2. The molecule has 1 N–H and O–H groups in total. The van der Waals surface area contributed by atoms with Gasteiger partial charge in [0.25, 0.3) is 0 Å². The fourth-order valence-corrected chi connectivity index (χ4v) is 4.81. The second-order valence-electron chi connectivity index (χ2n) is 9.57. The summed E-state index contributed by atoms with van der Waals surface area (Å²) in [4.78, 5) is 10.6. The Balaban J connectivity index is 1.36. The summed E-state index contributed by atoms with van der Waals surface area (Å²) >= 11 is 0. The summed E-state index contributed by atoms with van der Waals surface area (Å²) in [6.07, 6.45) is 18.0. The third-order valence-corrected chi connectivity index (χ3v) is 6.93. The average molecular weight is 449 g/mol. The number of carboxylic acids is 1. The van der Waals surface area contributed by atoms with Gasteiger partial charge in [-0.05, 0) is 59.6 Å². The predicted molar refractivity (Wildman–Crippen MR) is 137 cm³/mol. The Morgan fingerprint density at radius 2 is 1.42 bits per heavy atom. The molecule has 0 aliphatic heterocycles. The van der Waals surface area contributed by atoms with E-state index in [0.29, 0.717) is 5.92 Å². The summed E-state index contributed by atoms with van der Waals surface area (Å²) in [6.45, 7) is 3.11. The van der Waals surface area contributed by atoms with Crippen LogP contribution in [0.5, 0.6) is 5.75 Å². The lowest BCUT2D eigenvalue weighted by Crippen LogP contribution is -2.20. The van der Waals surface area contributed by atoms with Crippen molar-refractivity contribution < 1.29 is 14.6 Å². The van der Waals surface area contributed by atoms with E-state index in [1.54, 1.807) is 6.08 Å². The van der Waals surface area contributed by atoms with E-state index < -0.39 is 5.97 Å². The first kappa shape index (κ1) is 25.1. The van der Waals surface area contributed by atoms with Gasteiger partial charge in [0.15, 0.2) is 0 Å². The molecule has 2 aromatic carbocycles. The summed E-state index contributed by atoms with van der Waals surface area (Å²) in [6, 6.07) is 16.2. The Morgan fingerprint density at radius 3 is 2.06 bits per heavy atom. The van der Waals surface area contributed by atoms with Crippen LogP contribution >= 0.6 is 0 Å². The van der Waals surface area contributed by atoms with E-state index in [-0.39, 0.29) is 0 Å². The summed E-state index contributed by atoms with van der Waals surface area (Å²) in [5.74, 6) is 1.64. The van der Waals surface area contributed by atoms with Gasteiger partial charge in [0.1, 0.15) is 5.75 Å². The molecule has 0 unspecified atom stereocenters. The average Bonchev–Trinajstić information content (AvgIpc) is 2.85. The topological polar surface area (TPSA) is 46.5 Å². The van der Waals surface area contributed by atoms with Crippen molar-refractivity contribution in [2.75, 3.05) is 6.61 Å². The Labute approximate surface area is 199 Å². The highest BCUT2D eigenvalue weighted by atomic mass is 16.5. The number of unbranched alkanes of at least 4 members (excludes halogenated alkanes) is 5. The van der Waals surface area contributed by atoms with E-state index >= 15 is 0 Å². The molecule has 0 amide bonds. The molecule has 0 spiro atoms. The smallest absolute Gasteiger partial charge is 0.328 e. The van der Waals surface area contributed by atoms with Crippen LogP contribution in [0.2, 0.25) is 0 Å². The molecule has 33 heavy (non-hydrogen) atoms. The van der Waals surface area contributed by atoms with E-state index in [4.69, 9.17) is 9.84 Å². The van der Waals surface area contributed by atoms with Gasteiger partial charge >= 0.3 is 5.97 Å². The second-order valence-corrected chi connectivity index (χ2v) is 9.57. The summed E-state index contributed by atoms with van der Waals surface area (Å²) in [7, 11) is 0. The highest BCUT2D eigenvalue weighted by Crippen LogP contribution is 2.33. The molecular formula is C30H40O3. The monoisotopic (exact) mass is 448 g/mol. The lowest BCUT2D eigenvalue weighted by Gasteiger charge is -2.28. The molecule has 3 heteroatoms. The third kappa shape index (κ3) is 9.07. The molecule has 1 fully saturated rings. The first-order chi connectivity index (χ1) is 16.1. The molecule has 0 bridgehead atoms. The quantitative estimate of drug-likeness (QED) is 0.247. The standard InChI is InChI=1S/C30H40O3/c1-2-3-4-5-6-7-8-24-9-11-26(12-10-24)23-33-29-20-18-28(19-21-29)27-16-13-25(14-17-27)15-22-30(31)32/h13-22,24,26H,2-12,23H2,1H3,(H,31,32)/t24-,26-. The number of benzene rings is 2. The molecule has 0 heterocycles. The summed E-state index contributed by atoms with van der Waals surface area (Å²) < 4.78 is 6.12. The van der Waals surface area contributed by atoms with Crippen molar-refractivity contribution in [3.05, 3.63) is 60.2 Å². The Hall–Kier alpha value is -2.55. The largest absolute Gasteiger partial charge is 0.493 e. The van der Waals surface area contributed by atoms with Gasteiger partial charge in [-0.1, -0.05) is 101 Å². The van der Waals surface area contributed by atoms with Crippen molar-refractivity contribution in [1.29, 1.82) is 0 Å². The van der Waals surface area contributed by atoms with Gasteiger partial charge in [-0.3, -0.25) is 0 Å². The van der Waals surface area contributed by atoms with Gasteiger partial charge < -0.3 is 9.84 Å².